The Morgan fingerprint density at radius 1 is 1.19 bits per heavy atom. The SMILES string of the molecule is N#Cc1ccc(OC2CCC(NC(=O)c3ccc(OCCCCBr)cn3)CC2)cc1Cl. The first-order valence-corrected chi connectivity index (χ1v) is 11.9. The number of carbonyl (C=O) groups excluding carboxylic acids is 1. The van der Waals surface area contributed by atoms with E-state index >= 15 is 0 Å². The van der Waals surface area contributed by atoms with Crippen LogP contribution in [0.5, 0.6) is 11.5 Å². The maximum absolute atomic E-state index is 12.5. The van der Waals surface area contributed by atoms with Gasteiger partial charge in [-0.25, -0.2) is 4.98 Å². The first-order valence-electron chi connectivity index (χ1n) is 10.4. The number of rotatable bonds is 9. The fourth-order valence-electron chi connectivity index (χ4n) is 3.42. The summed E-state index contributed by atoms with van der Waals surface area (Å²) in [5, 5.41) is 13.4. The quantitative estimate of drug-likeness (QED) is 0.369. The molecule has 3 rings (SSSR count). The highest BCUT2D eigenvalue weighted by Gasteiger charge is 2.24. The number of alkyl halides is 1. The molecule has 0 atom stereocenters. The molecule has 164 valence electrons. The zero-order valence-electron chi connectivity index (χ0n) is 17.2. The molecule has 0 bridgehead atoms. The number of nitrogens with one attached hydrogen (secondary N) is 1. The molecule has 2 aromatic rings. The lowest BCUT2D eigenvalue weighted by Gasteiger charge is -2.29. The van der Waals surface area contributed by atoms with Gasteiger partial charge in [-0.1, -0.05) is 27.5 Å². The molecule has 0 aliphatic heterocycles. The van der Waals surface area contributed by atoms with Gasteiger partial charge >= 0.3 is 0 Å². The fourth-order valence-corrected chi connectivity index (χ4v) is 4.03. The summed E-state index contributed by atoms with van der Waals surface area (Å²) in [4.78, 5) is 16.7. The molecule has 1 aliphatic rings. The van der Waals surface area contributed by atoms with Crippen LogP contribution in [0.4, 0.5) is 0 Å². The fraction of sp³-hybridized carbons (Fsp3) is 0.435. The summed E-state index contributed by atoms with van der Waals surface area (Å²) in [6.07, 6.45) is 7.01. The molecule has 1 N–H and O–H groups in total. The third-order valence-electron chi connectivity index (χ3n) is 5.14. The molecule has 6 nitrogen and oxygen atoms in total. The molecule has 1 aromatic carbocycles. The number of pyridine rings is 1. The Morgan fingerprint density at radius 2 is 1.97 bits per heavy atom. The Bertz CT molecular complexity index is 909. The van der Waals surface area contributed by atoms with Gasteiger partial charge < -0.3 is 14.8 Å². The van der Waals surface area contributed by atoms with E-state index in [0.29, 0.717) is 34.4 Å². The molecular formula is C23H25BrClN3O3. The molecule has 1 fully saturated rings. The van der Waals surface area contributed by atoms with Crippen LogP contribution < -0.4 is 14.8 Å². The number of hydrogen-bond donors (Lipinski definition) is 1. The molecule has 1 amide bonds. The summed E-state index contributed by atoms with van der Waals surface area (Å²) in [7, 11) is 0. The third kappa shape index (κ3) is 7.12. The number of carbonyl (C=O) groups is 1. The number of benzene rings is 1. The second-order valence-corrected chi connectivity index (χ2v) is 8.64. The largest absolute Gasteiger partial charge is 0.492 e. The maximum atomic E-state index is 12.5. The molecule has 1 saturated carbocycles. The number of nitriles is 1. The van der Waals surface area contributed by atoms with E-state index in [0.717, 1.165) is 43.9 Å². The van der Waals surface area contributed by atoms with Crippen LogP contribution in [0.1, 0.15) is 54.6 Å². The number of unbranched alkanes of at least 4 members (excludes halogenated alkanes) is 1. The lowest BCUT2D eigenvalue weighted by Crippen LogP contribution is -2.40. The van der Waals surface area contributed by atoms with Gasteiger partial charge in [0.15, 0.2) is 0 Å². The maximum Gasteiger partial charge on any atom is 0.270 e. The molecule has 1 aromatic heterocycles. The Labute approximate surface area is 196 Å². The highest BCUT2D eigenvalue weighted by Crippen LogP contribution is 2.27. The molecule has 0 saturated heterocycles. The highest BCUT2D eigenvalue weighted by molar-refractivity contribution is 9.09. The topological polar surface area (TPSA) is 84.2 Å². The zero-order chi connectivity index (χ0) is 22.1. The molecular weight excluding hydrogens is 482 g/mol. The van der Waals surface area contributed by atoms with Gasteiger partial charge in [-0.3, -0.25) is 4.79 Å². The van der Waals surface area contributed by atoms with Crippen molar-refractivity contribution >= 4 is 33.4 Å². The van der Waals surface area contributed by atoms with Gasteiger partial charge in [-0.2, -0.15) is 5.26 Å². The van der Waals surface area contributed by atoms with E-state index in [1.807, 2.05) is 6.07 Å². The molecule has 8 heteroatoms. The summed E-state index contributed by atoms with van der Waals surface area (Å²) in [5.74, 6) is 1.16. The van der Waals surface area contributed by atoms with Gasteiger partial charge in [0.2, 0.25) is 0 Å². The normalized spacial score (nSPS) is 18.1. The molecule has 1 aliphatic carbocycles. The highest BCUT2D eigenvalue weighted by atomic mass is 79.9. The van der Waals surface area contributed by atoms with Crippen molar-refractivity contribution in [1.29, 1.82) is 5.26 Å². The monoisotopic (exact) mass is 505 g/mol. The average molecular weight is 507 g/mol. The van der Waals surface area contributed by atoms with Crippen LogP contribution >= 0.6 is 27.5 Å². The van der Waals surface area contributed by atoms with Crippen LogP contribution in [0, 0.1) is 11.3 Å². The first kappa shape index (κ1) is 23.4. The lowest BCUT2D eigenvalue weighted by molar-refractivity contribution is 0.0889. The Kier molecular flexibility index (Phi) is 8.98. The summed E-state index contributed by atoms with van der Waals surface area (Å²) >= 11 is 9.46. The van der Waals surface area contributed by atoms with E-state index in [2.05, 4.69) is 26.2 Å². The second-order valence-electron chi connectivity index (χ2n) is 7.44. The predicted molar refractivity (Wildman–Crippen MR) is 123 cm³/mol. The standard InChI is InChI=1S/C23H25BrClN3O3/c24-11-1-2-12-30-20-9-10-22(27-15-20)23(29)28-17-4-7-18(8-5-17)31-19-6-3-16(14-26)21(25)13-19/h3,6,9-10,13,15,17-18H,1-2,4-5,7-8,11-12H2,(H,28,29). The number of hydrogen-bond acceptors (Lipinski definition) is 5. The van der Waals surface area contributed by atoms with Gasteiger partial charge in [0.05, 0.1) is 29.5 Å². The average Bonchev–Trinajstić information content (AvgIpc) is 2.78. The van der Waals surface area contributed by atoms with Gasteiger partial charge in [0.25, 0.3) is 5.91 Å². The number of amides is 1. The molecule has 1 heterocycles. The summed E-state index contributed by atoms with van der Waals surface area (Å²) in [6.45, 7) is 0.638. The van der Waals surface area contributed by atoms with E-state index in [1.165, 1.54) is 0 Å². The van der Waals surface area contributed by atoms with Gasteiger partial charge in [-0.05, 0) is 62.8 Å². The van der Waals surface area contributed by atoms with Crippen molar-refractivity contribution in [3.8, 4) is 17.6 Å². The molecule has 0 spiro atoms. The number of halogens is 2. The van der Waals surface area contributed by atoms with Crippen molar-refractivity contribution < 1.29 is 14.3 Å². The van der Waals surface area contributed by atoms with Crippen LogP contribution in [0.15, 0.2) is 36.5 Å². The van der Waals surface area contributed by atoms with E-state index < -0.39 is 0 Å². The van der Waals surface area contributed by atoms with E-state index in [9.17, 15) is 4.79 Å². The van der Waals surface area contributed by atoms with E-state index in [1.54, 1.807) is 36.5 Å². The summed E-state index contributed by atoms with van der Waals surface area (Å²) in [5.41, 5.74) is 0.821. The Hall–Kier alpha value is -2.30. The van der Waals surface area contributed by atoms with Crippen molar-refractivity contribution in [3.63, 3.8) is 0 Å². The van der Waals surface area contributed by atoms with Gasteiger partial charge in [-0.15, -0.1) is 0 Å². The van der Waals surface area contributed by atoms with Crippen molar-refractivity contribution in [2.75, 3.05) is 11.9 Å². The van der Waals surface area contributed by atoms with Gasteiger partial charge in [0, 0.05) is 17.4 Å². The minimum Gasteiger partial charge on any atom is -0.492 e. The minimum atomic E-state index is -0.172. The van der Waals surface area contributed by atoms with Crippen molar-refractivity contribution in [3.05, 3.63) is 52.8 Å². The van der Waals surface area contributed by atoms with Crippen LogP contribution in [0.25, 0.3) is 0 Å². The van der Waals surface area contributed by atoms with E-state index in [-0.39, 0.29) is 18.1 Å². The predicted octanol–water partition coefficient (Wildman–Crippen LogP) is 5.28. The van der Waals surface area contributed by atoms with Crippen LogP contribution in [-0.4, -0.2) is 35.0 Å². The van der Waals surface area contributed by atoms with Crippen LogP contribution in [0.2, 0.25) is 5.02 Å². The third-order valence-corrected chi connectivity index (χ3v) is 6.01. The zero-order valence-corrected chi connectivity index (χ0v) is 19.5. The van der Waals surface area contributed by atoms with Crippen LogP contribution in [0.3, 0.4) is 0 Å². The lowest BCUT2D eigenvalue weighted by atomic mass is 9.92. The summed E-state index contributed by atoms with van der Waals surface area (Å²) in [6, 6.07) is 10.7. The molecule has 0 radical (unpaired) electrons. The minimum absolute atomic E-state index is 0.0660. The number of ether oxygens (including phenoxy) is 2. The van der Waals surface area contributed by atoms with Crippen molar-refractivity contribution in [2.45, 2.75) is 50.7 Å². The Morgan fingerprint density at radius 3 is 2.61 bits per heavy atom. The molecule has 0 unspecified atom stereocenters. The van der Waals surface area contributed by atoms with Crippen LogP contribution in [-0.2, 0) is 0 Å². The number of nitrogens with zero attached hydrogens (tertiary/aromatic N) is 2. The summed E-state index contributed by atoms with van der Waals surface area (Å²) < 4.78 is 11.6. The second kappa shape index (κ2) is 11.9. The van der Waals surface area contributed by atoms with Crippen molar-refractivity contribution in [2.24, 2.45) is 0 Å². The van der Waals surface area contributed by atoms with E-state index in [4.69, 9.17) is 26.3 Å². The Balaban J connectivity index is 1.42. The smallest absolute Gasteiger partial charge is 0.270 e. The number of aromatic nitrogens is 1. The molecule has 31 heavy (non-hydrogen) atoms. The van der Waals surface area contributed by atoms with Gasteiger partial charge in [0.1, 0.15) is 23.3 Å². The first-order chi connectivity index (χ1) is 15.1. The van der Waals surface area contributed by atoms with Crippen molar-refractivity contribution in [1.82, 2.24) is 10.3 Å².